The van der Waals surface area contributed by atoms with E-state index < -0.39 is 5.97 Å². The summed E-state index contributed by atoms with van der Waals surface area (Å²) in [5.41, 5.74) is -0.0877. The van der Waals surface area contributed by atoms with E-state index in [0.29, 0.717) is 10.3 Å². The van der Waals surface area contributed by atoms with Gasteiger partial charge in [0.05, 0.1) is 11.1 Å². The molecule has 1 heterocycles. The average Bonchev–Trinajstić information content (AvgIpc) is 2.17. The van der Waals surface area contributed by atoms with Gasteiger partial charge in [0, 0.05) is 12.1 Å². The molecule has 6 heteroatoms. The number of rotatable bonds is 3. The fourth-order valence-electron chi connectivity index (χ4n) is 0.850. The molecular weight excluding hydrogens is 252 g/mol. The predicted octanol–water partition coefficient (Wildman–Crippen LogP) is 1.03. The fraction of sp³-hybridized carbons (Fsp3) is 0.375. The highest BCUT2D eigenvalue weighted by Gasteiger charge is 2.15. The minimum absolute atomic E-state index is 0.0877. The number of hydrogen-bond donors (Lipinski definition) is 2. The molecule has 5 nitrogen and oxygen atoms in total. The second-order valence-corrected chi connectivity index (χ2v) is 3.67. The lowest BCUT2D eigenvalue weighted by Gasteiger charge is -2.07. The van der Waals surface area contributed by atoms with Crippen LogP contribution in [0.15, 0.2) is 10.7 Å². The molecule has 0 fully saturated rings. The van der Waals surface area contributed by atoms with Crippen LogP contribution in [0.3, 0.4) is 0 Å². The Morgan fingerprint density at radius 2 is 2.36 bits per heavy atom. The lowest BCUT2D eigenvalue weighted by molar-refractivity contribution is 0.0688. The molecule has 1 aromatic rings. The topological polar surface area (TPSA) is 83.3 Å². The van der Waals surface area contributed by atoms with Crippen molar-refractivity contribution in [3.63, 3.8) is 0 Å². The van der Waals surface area contributed by atoms with Gasteiger partial charge in [-0.25, -0.2) is 14.8 Å². The SMILES string of the molecule is CC(CO)c1ncc(Br)c(C(=O)O)n1. The zero-order valence-electron chi connectivity index (χ0n) is 7.44. The van der Waals surface area contributed by atoms with Gasteiger partial charge in [-0.15, -0.1) is 0 Å². The van der Waals surface area contributed by atoms with E-state index in [0.717, 1.165) is 0 Å². The highest BCUT2D eigenvalue weighted by atomic mass is 79.9. The van der Waals surface area contributed by atoms with Gasteiger partial charge >= 0.3 is 5.97 Å². The second-order valence-electron chi connectivity index (χ2n) is 2.81. The van der Waals surface area contributed by atoms with Gasteiger partial charge in [0.25, 0.3) is 0 Å². The molecule has 76 valence electrons. The lowest BCUT2D eigenvalue weighted by atomic mass is 10.2. The van der Waals surface area contributed by atoms with Crippen LogP contribution < -0.4 is 0 Å². The molecule has 1 unspecified atom stereocenters. The van der Waals surface area contributed by atoms with E-state index in [1.807, 2.05) is 0 Å². The molecule has 1 atom stereocenters. The van der Waals surface area contributed by atoms with Crippen LogP contribution in [0.2, 0.25) is 0 Å². The van der Waals surface area contributed by atoms with Crippen LogP contribution in [0, 0.1) is 0 Å². The fourth-order valence-corrected chi connectivity index (χ4v) is 1.21. The van der Waals surface area contributed by atoms with Crippen LogP contribution >= 0.6 is 15.9 Å². The van der Waals surface area contributed by atoms with Gasteiger partial charge in [-0.3, -0.25) is 0 Å². The second kappa shape index (κ2) is 4.47. The first kappa shape index (κ1) is 11.1. The van der Waals surface area contributed by atoms with Gasteiger partial charge in [0.2, 0.25) is 0 Å². The molecule has 0 saturated heterocycles. The van der Waals surface area contributed by atoms with Crippen LogP contribution in [0.1, 0.15) is 29.2 Å². The van der Waals surface area contributed by atoms with E-state index >= 15 is 0 Å². The molecule has 1 rings (SSSR count). The lowest BCUT2D eigenvalue weighted by Crippen LogP contribution is -2.10. The Balaban J connectivity index is 3.12. The molecule has 1 aromatic heterocycles. The number of halogens is 1. The number of aliphatic hydroxyl groups is 1. The maximum atomic E-state index is 10.7. The smallest absolute Gasteiger partial charge is 0.355 e. The van der Waals surface area contributed by atoms with Crippen LogP contribution in [0.5, 0.6) is 0 Å². The van der Waals surface area contributed by atoms with Crippen molar-refractivity contribution in [2.24, 2.45) is 0 Å². The van der Waals surface area contributed by atoms with Crippen LogP contribution in [-0.2, 0) is 0 Å². The summed E-state index contributed by atoms with van der Waals surface area (Å²) >= 11 is 3.03. The molecule has 0 aliphatic rings. The highest BCUT2D eigenvalue weighted by Crippen LogP contribution is 2.16. The van der Waals surface area contributed by atoms with Crippen molar-refractivity contribution in [3.05, 3.63) is 22.2 Å². The van der Waals surface area contributed by atoms with Crippen molar-refractivity contribution in [2.45, 2.75) is 12.8 Å². The van der Waals surface area contributed by atoms with Gasteiger partial charge in [-0.05, 0) is 15.9 Å². The van der Waals surface area contributed by atoms with Gasteiger partial charge < -0.3 is 10.2 Å². The number of nitrogens with zero attached hydrogens (tertiary/aromatic N) is 2. The largest absolute Gasteiger partial charge is 0.476 e. The first-order valence-corrected chi connectivity index (χ1v) is 4.72. The van der Waals surface area contributed by atoms with E-state index in [-0.39, 0.29) is 18.2 Å². The van der Waals surface area contributed by atoms with Gasteiger partial charge in [-0.2, -0.15) is 0 Å². The van der Waals surface area contributed by atoms with Crippen molar-refractivity contribution in [3.8, 4) is 0 Å². The molecule has 0 radical (unpaired) electrons. The molecule has 0 saturated carbocycles. The summed E-state index contributed by atoms with van der Waals surface area (Å²) in [6, 6.07) is 0. The molecule has 0 amide bonds. The van der Waals surface area contributed by atoms with Gasteiger partial charge in [-0.1, -0.05) is 6.92 Å². The Morgan fingerprint density at radius 3 is 2.86 bits per heavy atom. The minimum atomic E-state index is -1.12. The number of aromatic nitrogens is 2. The molecule has 14 heavy (non-hydrogen) atoms. The number of carbonyl (C=O) groups is 1. The third-order valence-electron chi connectivity index (χ3n) is 1.68. The zero-order valence-corrected chi connectivity index (χ0v) is 9.02. The summed E-state index contributed by atoms with van der Waals surface area (Å²) in [5, 5.41) is 17.6. The monoisotopic (exact) mass is 260 g/mol. The molecule has 0 aliphatic heterocycles. The van der Waals surface area contributed by atoms with E-state index in [1.165, 1.54) is 6.20 Å². The van der Waals surface area contributed by atoms with E-state index in [2.05, 4.69) is 25.9 Å². The molecule has 0 bridgehead atoms. The zero-order chi connectivity index (χ0) is 10.7. The highest BCUT2D eigenvalue weighted by molar-refractivity contribution is 9.10. The summed E-state index contributed by atoms with van der Waals surface area (Å²) in [6.07, 6.45) is 1.37. The Bertz CT molecular complexity index is 356. The first-order chi connectivity index (χ1) is 6.56. The van der Waals surface area contributed by atoms with Crippen molar-refractivity contribution in [1.82, 2.24) is 9.97 Å². The normalized spacial score (nSPS) is 12.5. The predicted molar refractivity (Wildman–Crippen MR) is 52.2 cm³/mol. The van der Waals surface area contributed by atoms with Crippen LogP contribution in [0.25, 0.3) is 0 Å². The molecule has 0 aliphatic carbocycles. The van der Waals surface area contributed by atoms with Crippen molar-refractivity contribution < 1.29 is 15.0 Å². The van der Waals surface area contributed by atoms with Crippen molar-refractivity contribution >= 4 is 21.9 Å². The van der Waals surface area contributed by atoms with Crippen LogP contribution in [0.4, 0.5) is 0 Å². The van der Waals surface area contributed by atoms with Crippen molar-refractivity contribution in [2.75, 3.05) is 6.61 Å². The standard InChI is InChI=1S/C8H9BrN2O3/c1-4(3-12)7-10-2-5(9)6(11-7)8(13)14/h2,4,12H,3H2,1H3,(H,13,14). The maximum Gasteiger partial charge on any atom is 0.355 e. The third kappa shape index (κ3) is 2.27. The van der Waals surface area contributed by atoms with Crippen molar-refractivity contribution in [1.29, 1.82) is 0 Å². The number of aliphatic hydroxyl groups excluding tert-OH is 1. The Labute approximate surface area is 88.9 Å². The number of hydrogen-bond acceptors (Lipinski definition) is 4. The summed E-state index contributed by atoms with van der Waals surface area (Å²) in [6.45, 7) is 1.61. The quantitative estimate of drug-likeness (QED) is 0.849. The van der Waals surface area contributed by atoms with Crippen LogP contribution in [-0.4, -0.2) is 32.8 Å². The number of carboxylic acids is 1. The Hall–Kier alpha value is -1.01. The summed E-state index contributed by atoms with van der Waals surface area (Å²) in [7, 11) is 0. The molecule has 2 N–H and O–H groups in total. The minimum Gasteiger partial charge on any atom is -0.476 e. The maximum absolute atomic E-state index is 10.7. The number of aromatic carboxylic acids is 1. The van der Waals surface area contributed by atoms with E-state index in [9.17, 15) is 4.79 Å². The Kier molecular flexibility index (Phi) is 3.54. The Morgan fingerprint density at radius 1 is 1.71 bits per heavy atom. The number of carboxylic acid groups (broad SMARTS) is 1. The van der Waals surface area contributed by atoms with Gasteiger partial charge in [0.15, 0.2) is 5.69 Å². The summed E-state index contributed by atoms with van der Waals surface area (Å²) < 4.78 is 0.332. The molecule has 0 aromatic carbocycles. The first-order valence-electron chi connectivity index (χ1n) is 3.92. The third-order valence-corrected chi connectivity index (χ3v) is 2.26. The van der Waals surface area contributed by atoms with E-state index in [4.69, 9.17) is 10.2 Å². The summed E-state index contributed by atoms with van der Waals surface area (Å²) in [4.78, 5) is 18.4. The average molecular weight is 261 g/mol. The van der Waals surface area contributed by atoms with Gasteiger partial charge in [0.1, 0.15) is 5.82 Å². The molecular formula is C8H9BrN2O3. The molecule has 0 spiro atoms. The van der Waals surface area contributed by atoms with E-state index in [1.54, 1.807) is 6.92 Å². The summed E-state index contributed by atoms with van der Waals surface area (Å²) in [5.74, 6) is -1.06.